The van der Waals surface area contributed by atoms with E-state index in [0.717, 1.165) is 37.8 Å². The van der Waals surface area contributed by atoms with Crippen LogP contribution in [-0.4, -0.2) is 23.7 Å². The van der Waals surface area contributed by atoms with Crippen molar-refractivity contribution in [1.29, 1.82) is 0 Å². The molecule has 7 heteroatoms. The number of carbonyl (C=O) groups is 1. The van der Waals surface area contributed by atoms with Gasteiger partial charge in [-0.15, -0.1) is 0 Å². The van der Waals surface area contributed by atoms with Gasteiger partial charge >= 0.3 is 5.97 Å². The molecule has 1 aromatic heterocycles. The SMILES string of the molecule is O=C(Oc1cc(C2CC2)c(Cl)cc1Cl)c1conc1[C@H]1C[C@H]2C[C@H]1CN2. The molecule has 3 atom stereocenters. The molecule has 0 spiro atoms. The van der Waals surface area contributed by atoms with Gasteiger partial charge in [0.25, 0.3) is 0 Å². The van der Waals surface area contributed by atoms with E-state index in [-0.39, 0.29) is 5.92 Å². The van der Waals surface area contributed by atoms with Crippen molar-refractivity contribution in [3.05, 3.63) is 45.3 Å². The fourth-order valence-corrected chi connectivity index (χ4v) is 4.90. The monoisotopic (exact) mass is 392 g/mol. The first kappa shape index (κ1) is 16.6. The summed E-state index contributed by atoms with van der Waals surface area (Å²) in [6.45, 7) is 0.963. The fourth-order valence-electron chi connectivity index (χ4n) is 4.32. The lowest BCUT2D eigenvalue weighted by Crippen LogP contribution is -2.29. The van der Waals surface area contributed by atoms with Crippen LogP contribution in [0.15, 0.2) is 22.9 Å². The van der Waals surface area contributed by atoms with Gasteiger partial charge in [0.15, 0.2) is 0 Å². The maximum absolute atomic E-state index is 12.8. The highest BCUT2D eigenvalue weighted by Crippen LogP contribution is 2.47. The molecule has 0 unspecified atom stereocenters. The lowest BCUT2D eigenvalue weighted by molar-refractivity contribution is 0.0732. The van der Waals surface area contributed by atoms with Gasteiger partial charge in [0.2, 0.25) is 0 Å². The molecule has 1 N–H and O–H groups in total. The van der Waals surface area contributed by atoms with Crippen LogP contribution in [-0.2, 0) is 0 Å². The minimum Gasteiger partial charge on any atom is -0.421 e. The number of nitrogens with one attached hydrogen (secondary N) is 1. The largest absolute Gasteiger partial charge is 0.421 e. The Bertz CT molecular complexity index is 878. The molecule has 1 saturated heterocycles. The Labute approximate surface area is 161 Å². The maximum Gasteiger partial charge on any atom is 0.348 e. The summed E-state index contributed by atoms with van der Waals surface area (Å²) in [6.07, 6.45) is 5.68. The molecule has 1 aliphatic heterocycles. The van der Waals surface area contributed by atoms with Gasteiger partial charge in [0.05, 0.1) is 5.02 Å². The molecule has 5 rings (SSSR count). The molecule has 2 heterocycles. The smallest absolute Gasteiger partial charge is 0.348 e. The molecule has 5 nitrogen and oxygen atoms in total. The molecule has 2 saturated carbocycles. The predicted octanol–water partition coefficient (Wildman–Crippen LogP) is 4.54. The number of carbonyl (C=O) groups excluding carboxylic acids is 1. The Morgan fingerprint density at radius 2 is 2.08 bits per heavy atom. The van der Waals surface area contributed by atoms with E-state index in [0.29, 0.717) is 44.9 Å². The van der Waals surface area contributed by atoms with E-state index in [4.69, 9.17) is 32.5 Å². The van der Waals surface area contributed by atoms with Gasteiger partial charge in [0.1, 0.15) is 23.3 Å². The number of hydrogen-bond donors (Lipinski definition) is 1. The zero-order chi connectivity index (χ0) is 17.8. The molecular formula is C19H18Cl2N2O3. The first-order valence-electron chi connectivity index (χ1n) is 8.99. The summed E-state index contributed by atoms with van der Waals surface area (Å²) in [4.78, 5) is 12.8. The number of aromatic nitrogens is 1. The Balaban J connectivity index is 1.40. The Morgan fingerprint density at radius 1 is 1.23 bits per heavy atom. The normalized spacial score (nSPS) is 27.1. The van der Waals surface area contributed by atoms with Crippen LogP contribution in [0.3, 0.4) is 0 Å². The molecule has 1 aromatic carbocycles. The topological polar surface area (TPSA) is 64.4 Å². The average molecular weight is 393 g/mol. The van der Waals surface area contributed by atoms with Gasteiger partial charge in [-0.25, -0.2) is 4.79 Å². The van der Waals surface area contributed by atoms with E-state index in [9.17, 15) is 4.79 Å². The molecule has 0 radical (unpaired) electrons. The van der Waals surface area contributed by atoms with Gasteiger partial charge in [-0.05, 0) is 61.8 Å². The highest BCUT2D eigenvalue weighted by Gasteiger charge is 2.43. The number of nitrogens with zero attached hydrogens (tertiary/aromatic N) is 1. The molecule has 3 aliphatic rings. The first-order chi connectivity index (χ1) is 12.6. The summed E-state index contributed by atoms with van der Waals surface area (Å²) in [5.41, 5.74) is 2.08. The van der Waals surface area contributed by atoms with E-state index in [1.54, 1.807) is 12.1 Å². The van der Waals surface area contributed by atoms with Crippen molar-refractivity contribution in [3.63, 3.8) is 0 Å². The lowest BCUT2D eigenvalue weighted by atomic mass is 9.90. The minimum atomic E-state index is -0.483. The number of piperidine rings is 1. The van der Waals surface area contributed by atoms with Crippen molar-refractivity contribution < 1.29 is 14.1 Å². The Morgan fingerprint density at radius 3 is 2.77 bits per heavy atom. The van der Waals surface area contributed by atoms with Gasteiger partial charge in [-0.3, -0.25) is 0 Å². The van der Waals surface area contributed by atoms with E-state index in [2.05, 4.69) is 10.5 Å². The number of fused-ring (bicyclic) bond motifs is 2. The van der Waals surface area contributed by atoms with E-state index < -0.39 is 5.97 Å². The zero-order valence-electron chi connectivity index (χ0n) is 14.0. The molecule has 2 aliphatic carbocycles. The van der Waals surface area contributed by atoms with E-state index in [1.165, 1.54) is 6.26 Å². The van der Waals surface area contributed by atoms with Crippen molar-refractivity contribution in [3.8, 4) is 5.75 Å². The third-order valence-electron chi connectivity index (χ3n) is 5.80. The fraction of sp³-hybridized carbons (Fsp3) is 0.474. The van der Waals surface area contributed by atoms with Crippen molar-refractivity contribution >= 4 is 29.2 Å². The maximum atomic E-state index is 12.8. The zero-order valence-corrected chi connectivity index (χ0v) is 15.5. The number of benzene rings is 1. The molecule has 2 aromatic rings. The van der Waals surface area contributed by atoms with Crippen molar-refractivity contribution in [2.45, 2.75) is 43.6 Å². The van der Waals surface area contributed by atoms with Crippen LogP contribution in [0.2, 0.25) is 10.0 Å². The van der Waals surface area contributed by atoms with Crippen LogP contribution < -0.4 is 10.1 Å². The van der Waals surface area contributed by atoms with Gasteiger partial charge in [0, 0.05) is 17.0 Å². The van der Waals surface area contributed by atoms with E-state index >= 15 is 0 Å². The second-order valence-electron chi connectivity index (χ2n) is 7.52. The standard InChI is InChI=1S/C19H18Cl2N2O3/c20-15-6-16(21)17(5-12(15)9-1-2-9)26-19(24)14-8-25-23-18(14)13-4-11-3-10(13)7-22-11/h5-6,8-11,13,22H,1-4,7H2/t10-,11+,13-/m0/s1. The molecule has 26 heavy (non-hydrogen) atoms. The molecule has 0 amide bonds. The number of ether oxygens (including phenoxy) is 1. The second kappa shape index (κ2) is 6.25. The quantitative estimate of drug-likeness (QED) is 0.610. The third-order valence-corrected chi connectivity index (χ3v) is 6.43. The number of rotatable bonds is 4. The van der Waals surface area contributed by atoms with E-state index in [1.807, 2.05) is 0 Å². The van der Waals surface area contributed by atoms with Gasteiger partial charge in [-0.2, -0.15) is 0 Å². The Hall–Kier alpha value is -1.56. The molecular weight excluding hydrogens is 375 g/mol. The molecule has 2 bridgehead atoms. The first-order valence-corrected chi connectivity index (χ1v) is 9.74. The summed E-state index contributed by atoms with van der Waals surface area (Å²) in [5.74, 6) is 1.03. The minimum absolute atomic E-state index is 0.241. The third kappa shape index (κ3) is 2.82. The van der Waals surface area contributed by atoms with Crippen LogP contribution in [0.1, 0.15) is 59.1 Å². The number of halogens is 2. The van der Waals surface area contributed by atoms with Crippen LogP contribution in [0, 0.1) is 5.92 Å². The predicted molar refractivity (Wildman–Crippen MR) is 97.2 cm³/mol. The van der Waals surface area contributed by atoms with Crippen LogP contribution in [0.5, 0.6) is 5.75 Å². The summed E-state index contributed by atoms with van der Waals surface area (Å²) in [7, 11) is 0. The molecule has 3 fully saturated rings. The lowest BCUT2D eigenvalue weighted by Gasteiger charge is -2.20. The van der Waals surface area contributed by atoms with Crippen molar-refractivity contribution in [2.24, 2.45) is 5.92 Å². The average Bonchev–Trinajstić information content (AvgIpc) is 3.04. The van der Waals surface area contributed by atoms with Crippen molar-refractivity contribution in [1.82, 2.24) is 10.5 Å². The highest BCUT2D eigenvalue weighted by molar-refractivity contribution is 6.36. The summed E-state index contributed by atoms with van der Waals surface area (Å²) in [5, 5.41) is 8.53. The van der Waals surface area contributed by atoms with Gasteiger partial charge < -0.3 is 14.6 Å². The highest BCUT2D eigenvalue weighted by atomic mass is 35.5. The summed E-state index contributed by atoms with van der Waals surface area (Å²) >= 11 is 12.5. The molecule has 136 valence electrons. The number of esters is 1. The van der Waals surface area contributed by atoms with Crippen LogP contribution in [0.4, 0.5) is 0 Å². The van der Waals surface area contributed by atoms with Crippen LogP contribution in [0.25, 0.3) is 0 Å². The van der Waals surface area contributed by atoms with Crippen LogP contribution >= 0.6 is 23.2 Å². The van der Waals surface area contributed by atoms with Crippen molar-refractivity contribution in [2.75, 3.05) is 6.54 Å². The number of hydrogen-bond acceptors (Lipinski definition) is 5. The van der Waals surface area contributed by atoms with Gasteiger partial charge in [-0.1, -0.05) is 28.4 Å². The second-order valence-corrected chi connectivity index (χ2v) is 8.34. The summed E-state index contributed by atoms with van der Waals surface area (Å²) in [6, 6.07) is 3.95. The summed E-state index contributed by atoms with van der Waals surface area (Å²) < 4.78 is 10.7. The Kier molecular flexibility index (Phi) is 3.99.